The molecule has 0 aliphatic heterocycles. The average molecular weight is 253 g/mol. The summed E-state index contributed by atoms with van der Waals surface area (Å²) in [6.07, 6.45) is 0.487. The molecule has 0 heterocycles. The Kier molecular flexibility index (Phi) is 4.84. The number of rotatable bonds is 4. The number of carbonyl (C=O) groups excluding carboxylic acids is 1. The lowest BCUT2D eigenvalue weighted by Gasteiger charge is -2.24. The van der Waals surface area contributed by atoms with Crippen LogP contribution in [0.4, 0.5) is 4.39 Å². The van der Waals surface area contributed by atoms with Crippen molar-refractivity contribution in [3.63, 3.8) is 0 Å². The van der Waals surface area contributed by atoms with Gasteiger partial charge in [0.1, 0.15) is 11.4 Å². The lowest BCUT2D eigenvalue weighted by atomic mass is 9.95. The first kappa shape index (κ1) is 14.6. The largest absolute Gasteiger partial charge is 0.459 e. The molecule has 100 valence electrons. The van der Waals surface area contributed by atoms with Crippen LogP contribution in [0.3, 0.4) is 0 Å². The summed E-state index contributed by atoms with van der Waals surface area (Å²) in [7, 11) is 0. The maximum atomic E-state index is 12.9. The van der Waals surface area contributed by atoms with E-state index in [-0.39, 0.29) is 11.8 Å². The quantitative estimate of drug-likeness (QED) is 0.839. The maximum absolute atomic E-state index is 12.9. The van der Waals surface area contributed by atoms with E-state index in [0.29, 0.717) is 13.0 Å². The van der Waals surface area contributed by atoms with Crippen molar-refractivity contribution in [2.24, 2.45) is 5.73 Å². The minimum Gasteiger partial charge on any atom is -0.459 e. The molecule has 1 unspecified atom stereocenters. The van der Waals surface area contributed by atoms with Gasteiger partial charge < -0.3 is 10.5 Å². The molecule has 1 aromatic carbocycles. The summed E-state index contributed by atoms with van der Waals surface area (Å²) in [6, 6.07) is 5.87. The van der Waals surface area contributed by atoms with Crippen LogP contribution in [0.5, 0.6) is 0 Å². The molecule has 0 fully saturated rings. The molecule has 18 heavy (non-hydrogen) atoms. The van der Waals surface area contributed by atoms with Gasteiger partial charge in [0.15, 0.2) is 0 Å². The third-order valence-corrected chi connectivity index (χ3v) is 2.42. The van der Waals surface area contributed by atoms with Crippen LogP contribution in [0.2, 0.25) is 0 Å². The number of nitrogens with two attached hydrogens (primary N) is 1. The third-order valence-electron chi connectivity index (χ3n) is 2.42. The zero-order valence-electron chi connectivity index (χ0n) is 11.1. The van der Waals surface area contributed by atoms with Gasteiger partial charge in [-0.1, -0.05) is 12.1 Å². The Morgan fingerprint density at radius 2 is 1.89 bits per heavy atom. The molecule has 0 spiro atoms. The van der Waals surface area contributed by atoms with E-state index in [9.17, 15) is 9.18 Å². The van der Waals surface area contributed by atoms with Gasteiger partial charge in [-0.3, -0.25) is 4.79 Å². The molecule has 0 radical (unpaired) electrons. The molecule has 1 aromatic rings. The molecule has 0 amide bonds. The molecule has 0 aliphatic rings. The van der Waals surface area contributed by atoms with E-state index in [0.717, 1.165) is 5.56 Å². The zero-order chi connectivity index (χ0) is 13.8. The van der Waals surface area contributed by atoms with Crippen molar-refractivity contribution in [1.82, 2.24) is 0 Å². The second-order valence-electron chi connectivity index (χ2n) is 5.21. The Hall–Kier alpha value is -1.42. The highest BCUT2D eigenvalue weighted by atomic mass is 19.1. The molecule has 1 atom stereocenters. The van der Waals surface area contributed by atoms with E-state index in [2.05, 4.69) is 0 Å². The molecule has 0 aromatic heterocycles. The molecule has 0 saturated carbocycles. The number of hydrogen-bond donors (Lipinski definition) is 1. The molecule has 0 aliphatic carbocycles. The first-order valence-electron chi connectivity index (χ1n) is 6.02. The monoisotopic (exact) mass is 253 g/mol. The van der Waals surface area contributed by atoms with Crippen molar-refractivity contribution in [1.29, 1.82) is 0 Å². The SMILES string of the molecule is CC(C)(C)OC(=O)C(CCN)c1ccc(F)cc1. The average Bonchev–Trinajstić information content (AvgIpc) is 2.25. The molecule has 1 rings (SSSR count). The Labute approximate surface area is 107 Å². The lowest BCUT2D eigenvalue weighted by molar-refractivity contribution is -0.156. The van der Waals surface area contributed by atoms with Crippen LogP contribution in [-0.4, -0.2) is 18.1 Å². The van der Waals surface area contributed by atoms with Crippen molar-refractivity contribution >= 4 is 5.97 Å². The standard InChI is InChI=1S/C14H20FNO2/c1-14(2,3)18-13(17)12(8-9-16)10-4-6-11(15)7-5-10/h4-7,12H,8-9,16H2,1-3H3. The predicted molar refractivity (Wildman–Crippen MR) is 68.7 cm³/mol. The van der Waals surface area contributed by atoms with E-state index in [1.54, 1.807) is 12.1 Å². The second kappa shape index (κ2) is 5.96. The van der Waals surface area contributed by atoms with Gasteiger partial charge >= 0.3 is 5.97 Å². The van der Waals surface area contributed by atoms with Crippen molar-refractivity contribution in [3.8, 4) is 0 Å². The normalized spacial score (nSPS) is 13.2. The number of carbonyl (C=O) groups is 1. The highest BCUT2D eigenvalue weighted by Gasteiger charge is 2.25. The summed E-state index contributed by atoms with van der Waals surface area (Å²) < 4.78 is 18.2. The zero-order valence-corrected chi connectivity index (χ0v) is 11.1. The summed E-state index contributed by atoms with van der Waals surface area (Å²) in [6.45, 7) is 5.82. The number of ether oxygens (including phenoxy) is 1. The van der Waals surface area contributed by atoms with Crippen molar-refractivity contribution in [2.75, 3.05) is 6.54 Å². The van der Waals surface area contributed by atoms with Crippen LogP contribution < -0.4 is 5.73 Å². The molecular formula is C14H20FNO2. The molecular weight excluding hydrogens is 233 g/mol. The highest BCUT2D eigenvalue weighted by Crippen LogP contribution is 2.23. The van der Waals surface area contributed by atoms with Gasteiger partial charge in [0.2, 0.25) is 0 Å². The van der Waals surface area contributed by atoms with Crippen LogP contribution >= 0.6 is 0 Å². The smallest absolute Gasteiger partial charge is 0.313 e. The first-order chi connectivity index (χ1) is 8.33. The van der Waals surface area contributed by atoms with E-state index >= 15 is 0 Å². The van der Waals surface area contributed by atoms with Gasteiger partial charge in [0.05, 0.1) is 5.92 Å². The summed E-state index contributed by atoms with van der Waals surface area (Å²) in [5, 5.41) is 0. The fraction of sp³-hybridized carbons (Fsp3) is 0.500. The van der Waals surface area contributed by atoms with Crippen LogP contribution in [-0.2, 0) is 9.53 Å². The summed E-state index contributed by atoms with van der Waals surface area (Å²) in [4.78, 5) is 12.1. The Morgan fingerprint density at radius 3 is 2.33 bits per heavy atom. The van der Waals surface area contributed by atoms with Gasteiger partial charge in [0.25, 0.3) is 0 Å². The minimum absolute atomic E-state index is 0.320. The Morgan fingerprint density at radius 1 is 1.33 bits per heavy atom. The third kappa shape index (κ3) is 4.45. The number of hydrogen-bond acceptors (Lipinski definition) is 3. The van der Waals surface area contributed by atoms with Gasteiger partial charge in [0, 0.05) is 0 Å². The number of esters is 1. The lowest BCUT2D eigenvalue weighted by Crippen LogP contribution is -2.28. The summed E-state index contributed by atoms with van der Waals surface area (Å²) >= 11 is 0. The van der Waals surface area contributed by atoms with Crippen LogP contribution in [0.25, 0.3) is 0 Å². The van der Waals surface area contributed by atoms with Crippen LogP contribution in [0.15, 0.2) is 24.3 Å². The van der Waals surface area contributed by atoms with Gasteiger partial charge in [-0.05, 0) is 51.4 Å². The van der Waals surface area contributed by atoms with Gasteiger partial charge in [-0.25, -0.2) is 4.39 Å². The van der Waals surface area contributed by atoms with E-state index in [1.165, 1.54) is 12.1 Å². The molecule has 2 N–H and O–H groups in total. The van der Waals surface area contributed by atoms with Gasteiger partial charge in [-0.2, -0.15) is 0 Å². The molecule has 4 heteroatoms. The fourth-order valence-electron chi connectivity index (χ4n) is 1.66. The Balaban J connectivity index is 2.88. The molecule has 0 bridgehead atoms. The first-order valence-corrected chi connectivity index (χ1v) is 6.02. The van der Waals surface area contributed by atoms with Crippen LogP contribution in [0, 0.1) is 5.82 Å². The van der Waals surface area contributed by atoms with Crippen molar-refractivity contribution in [3.05, 3.63) is 35.6 Å². The van der Waals surface area contributed by atoms with E-state index in [1.807, 2.05) is 20.8 Å². The predicted octanol–water partition coefficient (Wildman–Crippen LogP) is 2.60. The maximum Gasteiger partial charge on any atom is 0.313 e. The van der Waals surface area contributed by atoms with E-state index in [4.69, 9.17) is 10.5 Å². The molecule has 0 saturated heterocycles. The van der Waals surface area contributed by atoms with Gasteiger partial charge in [-0.15, -0.1) is 0 Å². The van der Waals surface area contributed by atoms with Crippen LogP contribution in [0.1, 0.15) is 38.7 Å². The van der Waals surface area contributed by atoms with Crippen molar-refractivity contribution < 1.29 is 13.9 Å². The number of benzene rings is 1. The summed E-state index contributed by atoms with van der Waals surface area (Å²) in [5.41, 5.74) is 5.71. The molecule has 3 nitrogen and oxygen atoms in total. The summed E-state index contributed by atoms with van der Waals surface area (Å²) in [5.74, 6) is -1.08. The minimum atomic E-state index is -0.538. The van der Waals surface area contributed by atoms with E-state index < -0.39 is 11.5 Å². The number of halogens is 1. The second-order valence-corrected chi connectivity index (χ2v) is 5.21. The fourth-order valence-corrected chi connectivity index (χ4v) is 1.66. The topological polar surface area (TPSA) is 52.3 Å². The Bertz CT molecular complexity index is 395. The highest BCUT2D eigenvalue weighted by molar-refractivity contribution is 5.78. The van der Waals surface area contributed by atoms with Crippen molar-refractivity contribution in [2.45, 2.75) is 38.7 Å².